The minimum atomic E-state index is -1.26. The maximum atomic E-state index is 13.4. The Hall–Kier alpha value is -4.51. The fourth-order valence-corrected chi connectivity index (χ4v) is 4.85. The van der Waals surface area contributed by atoms with Crippen molar-refractivity contribution in [2.75, 3.05) is 13.9 Å². The average molecular weight is 564 g/mol. The highest BCUT2D eigenvalue weighted by Crippen LogP contribution is 2.33. The highest BCUT2D eigenvalue weighted by Gasteiger charge is 2.51. The van der Waals surface area contributed by atoms with Crippen molar-refractivity contribution >= 4 is 35.5 Å². The summed E-state index contributed by atoms with van der Waals surface area (Å²) in [5, 5.41) is 6.18. The zero-order valence-corrected chi connectivity index (χ0v) is 23.3. The van der Waals surface area contributed by atoms with Gasteiger partial charge in [0.05, 0.1) is 31.5 Å². The number of benzene rings is 2. The molecule has 0 aliphatic carbocycles. The van der Waals surface area contributed by atoms with Crippen molar-refractivity contribution in [1.82, 2.24) is 15.7 Å². The Balaban J connectivity index is 1.45. The Morgan fingerprint density at radius 3 is 2.39 bits per heavy atom. The van der Waals surface area contributed by atoms with Crippen LogP contribution in [0.2, 0.25) is 0 Å². The molecule has 0 bridgehead atoms. The second-order valence-electron chi connectivity index (χ2n) is 10.2. The van der Waals surface area contributed by atoms with Crippen molar-refractivity contribution in [3.63, 3.8) is 0 Å². The lowest BCUT2D eigenvalue weighted by molar-refractivity contribution is -0.181. The van der Waals surface area contributed by atoms with E-state index in [1.54, 1.807) is 62.4 Å². The van der Waals surface area contributed by atoms with E-state index in [-0.39, 0.29) is 19.1 Å². The van der Waals surface area contributed by atoms with Crippen LogP contribution in [-0.2, 0) is 28.8 Å². The van der Waals surface area contributed by atoms with Crippen molar-refractivity contribution < 1.29 is 38.3 Å². The number of amides is 4. The van der Waals surface area contributed by atoms with Crippen LogP contribution in [0.15, 0.2) is 54.6 Å². The molecule has 1 fully saturated rings. The van der Waals surface area contributed by atoms with Gasteiger partial charge in [-0.05, 0) is 35.3 Å². The molecule has 2 aromatic carbocycles. The molecule has 2 aromatic rings. The van der Waals surface area contributed by atoms with Gasteiger partial charge in [-0.15, -0.1) is 0 Å². The number of ketones is 1. The first-order valence-electron chi connectivity index (χ1n) is 13.3. The minimum Gasteiger partial charge on any atom is -0.454 e. The summed E-state index contributed by atoms with van der Waals surface area (Å²) in [5.41, 5.74) is 1.43. The number of ether oxygens (including phenoxy) is 2. The predicted octanol–water partition coefficient (Wildman–Crippen LogP) is 2.57. The fourth-order valence-electron chi connectivity index (χ4n) is 4.85. The van der Waals surface area contributed by atoms with E-state index in [4.69, 9.17) is 14.3 Å². The number of imide groups is 1. The lowest BCUT2D eigenvalue weighted by Gasteiger charge is -2.26. The van der Waals surface area contributed by atoms with Gasteiger partial charge in [0.15, 0.2) is 17.3 Å². The lowest BCUT2D eigenvalue weighted by Crippen LogP contribution is -2.49. The molecule has 2 aliphatic rings. The first kappa shape index (κ1) is 29.5. The van der Waals surface area contributed by atoms with Crippen LogP contribution in [0.5, 0.6) is 11.5 Å². The largest absolute Gasteiger partial charge is 0.454 e. The number of carbonyl (C=O) groups excluding carboxylic acids is 5. The number of Topliss-reactive ketones (excluding diaryl/α,β-unsaturated/α-hetero) is 1. The van der Waals surface area contributed by atoms with Crippen molar-refractivity contribution in [1.29, 1.82) is 0 Å². The molecule has 0 aromatic heterocycles. The standard InChI is InChI=1S/C30H33N3O8/c1-17(2)27(28(36)26-18(3)29(37)33(39-4)30(26)38)32-25(35)15-21(20-8-6-5-7-9-20)31-24(34)13-11-19-10-12-22-23(14-19)41-16-40-22/h5-14,17-18,21,26-27H,15-16H2,1-4H3,(H,31,34)(H,32,35)/b13-11+/t18-,21-,26+,27-/m0/s1. The number of carbonyl (C=O) groups is 5. The number of nitrogens with one attached hydrogen (secondary N) is 2. The van der Waals surface area contributed by atoms with E-state index in [1.807, 2.05) is 6.07 Å². The molecule has 4 atom stereocenters. The monoisotopic (exact) mass is 563 g/mol. The van der Waals surface area contributed by atoms with Gasteiger partial charge in [-0.25, -0.2) is 0 Å². The second kappa shape index (κ2) is 12.8. The van der Waals surface area contributed by atoms with Gasteiger partial charge in [-0.1, -0.05) is 57.2 Å². The van der Waals surface area contributed by atoms with Gasteiger partial charge in [0.1, 0.15) is 5.92 Å². The molecule has 4 amide bonds. The van der Waals surface area contributed by atoms with E-state index in [9.17, 15) is 24.0 Å². The summed E-state index contributed by atoms with van der Waals surface area (Å²) < 4.78 is 10.7. The number of fused-ring (bicyclic) bond motifs is 1. The zero-order valence-electron chi connectivity index (χ0n) is 23.3. The second-order valence-corrected chi connectivity index (χ2v) is 10.2. The number of hydroxylamine groups is 2. The van der Waals surface area contributed by atoms with Gasteiger partial charge < -0.3 is 20.1 Å². The highest BCUT2D eigenvalue weighted by molar-refractivity contribution is 6.16. The molecule has 2 heterocycles. The molecule has 0 saturated carbocycles. The molecular weight excluding hydrogens is 530 g/mol. The van der Waals surface area contributed by atoms with Gasteiger partial charge in [0.25, 0.3) is 11.8 Å². The Morgan fingerprint density at radius 2 is 1.73 bits per heavy atom. The van der Waals surface area contributed by atoms with Crippen LogP contribution < -0.4 is 20.1 Å². The third-order valence-electron chi connectivity index (χ3n) is 7.07. The van der Waals surface area contributed by atoms with Crippen molar-refractivity contribution in [3.8, 4) is 11.5 Å². The molecule has 0 unspecified atom stereocenters. The summed E-state index contributed by atoms with van der Waals surface area (Å²) in [5.74, 6) is -4.17. The average Bonchev–Trinajstić information content (AvgIpc) is 3.51. The maximum absolute atomic E-state index is 13.4. The fraction of sp³-hybridized carbons (Fsp3) is 0.367. The first-order valence-corrected chi connectivity index (χ1v) is 13.3. The zero-order chi connectivity index (χ0) is 29.7. The van der Waals surface area contributed by atoms with Crippen LogP contribution >= 0.6 is 0 Å². The molecule has 0 radical (unpaired) electrons. The van der Waals surface area contributed by atoms with E-state index < -0.39 is 53.3 Å². The molecule has 11 nitrogen and oxygen atoms in total. The van der Waals surface area contributed by atoms with Crippen LogP contribution in [-0.4, -0.2) is 54.4 Å². The number of rotatable bonds is 11. The van der Waals surface area contributed by atoms with E-state index in [1.165, 1.54) is 20.1 Å². The summed E-state index contributed by atoms with van der Waals surface area (Å²) in [6.07, 6.45) is 2.82. The number of hydrogen-bond donors (Lipinski definition) is 2. The quantitative estimate of drug-likeness (QED) is 0.242. The van der Waals surface area contributed by atoms with Gasteiger partial charge in [0, 0.05) is 6.08 Å². The van der Waals surface area contributed by atoms with Crippen LogP contribution in [0.1, 0.15) is 44.4 Å². The van der Waals surface area contributed by atoms with Gasteiger partial charge >= 0.3 is 0 Å². The third kappa shape index (κ3) is 6.63. The Bertz CT molecular complexity index is 1360. The van der Waals surface area contributed by atoms with Crippen LogP contribution in [0.25, 0.3) is 6.08 Å². The van der Waals surface area contributed by atoms with Crippen LogP contribution in [0.3, 0.4) is 0 Å². The molecule has 11 heteroatoms. The number of hydrogen-bond acceptors (Lipinski definition) is 8. The summed E-state index contributed by atoms with van der Waals surface area (Å²) >= 11 is 0. The third-order valence-corrected chi connectivity index (χ3v) is 7.07. The SMILES string of the molecule is CON1C(=O)[C@@H](C(=O)[C@@H](NC(=O)C[C@H](NC(=O)/C=C/c2ccc3c(c2)OCO3)c2ccccc2)C(C)C)[C@H](C)C1=O. The molecule has 1 saturated heterocycles. The smallest absolute Gasteiger partial charge is 0.264 e. The molecule has 41 heavy (non-hydrogen) atoms. The molecule has 4 rings (SSSR count). The molecule has 2 aliphatic heterocycles. The molecule has 2 N–H and O–H groups in total. The summed E-state index contributed by atoms with van der Waals surface area (Å²) in [4.78, 5) is 69.4. The Labute approximate surface area is 237 Å². The normalized spacial score (nSPS) is 19.5. The van der Waals surface area contributed by atoms with Gasteiger partial charge in [0.2, 0.25) is 18.6 Å². The van der Waals surface area contributed by atoms with Crippen LogP contribution in [0, 0.1) is 17.8 Å². The van der Waals surface area contributed by atoms with Gasteiger partial charge in [-0.3, -0.25) is 28.8 Å². The van der Waals surface area contributed by atoms with Gasteiger partial charge in [-0.2, -0.15) is 5.06 Å². The molecule has 0 spiro atoms. The Kier molecular flexibility index (Phi) is 9.18. The highest BCUT2D eigenvalue weighted by atomic mass is 16.7. The topological polar surface area (TPSA) is 140 Å². The van der Waals surface area contributed by atoms with Crippen molar-refractivity contribution in [2.45, 2.75) is 39.3 Å². The van der Waals surface area contributed by atoms with Crippen molar-refractivity contribution in [2.24, 2.45) is 17.8 Å². The number of nitrogens with zero attached hydrogens (tertiary/aromatic N) is 1. The van der Waals surface area contributed by atoms with E-state index in [0.717, 1.165) is 5.56 Å². The molecular formula is C30H33N3O8. The summed E-state index contributed by atoms with van der Waals surface area (Å²) in [6, 6.07) is 12.5. The summed E-state index contributed by atoms with van der Waals surface area (Å²) in [6.45, 7) is 5.10. The lowest BCUT2D eigenvalue weighted by atomic mass is 9.85. The molecule has 216 valence electrons. The minimum absolute atomic E-state index is 0.146. The van der Waals surface area contributed by atoms with E-state index in [0.29, 0.717) is 22.1 Å². The van der Waals surface area contributed by atoms with E-state index >= 15 is 0 Å². The first-order chi connectivity index (χ1) is 19.6. The van der Waals surface area contributed by atoms with Crippen molar-refractivity contribution in [3.05, 3.63) is 65.7 Å². The Morgan fingerprint density at radius 1 is 1.02 bits per heavy atom. The maximum Gasteiger partial charge on any atom is 0.264 e. The predicted molar refractivity (Wildman–Crippen MR) is 147 cm³/mol. The van der Waals surface area contributed by atoms with E-state index in [2.05, 4.69) is 10.6 Å². The summed E-state index contributed by atoms with van der Waals surface area (Å²) in [7, 11) is 1.18. The van der Waals surface area contributed by atoms with Crippen LogP contribution in [0.4, 0.5) is 0 Å².